The van der Waals surface area contributed by atoms with Gasteiger partial charge in [0, 0.05) is 17.4 Å². The topological polar surface area (TPSA) is 216 Å². The lowest BCUT2D eigenvalue weighted by Gasteiger charge is -2.36. The molecule has 342 valence electrons. The van der Waals surface area contributed by atoms with Crippen LogP contribution in [0.5, 0.6) is 11.6 Å². The molecule has 5 atom stereocenters. The predicted molar refractivity (Wildman–Crippen MR) is 236 cm³/mol. The monoisotopic (exact) mass is 899 g/mol. The number of aromatic nitrogens is 2. The van der Waals surface area contributed by atoms with Crippen LogP contribution in [0.2, 0.25) is 0 Å². The van der Waals surface area contributed by atoms with Gasteiger partial charge in [-0.15, -0.1) is 0 Å². The summed E-state index contributed by atoms with van der Waals surface area (Å²) < 4.78 is 51.9. The molecular formula is C47H59N6O10S+. The number of amides is 3. The zero-order valence-electron chi connectivity index (χ0n) is 36.5. The van der Waals surface area contributed by atoms with Crippen molar-refractivity contribution in [3.05, 3.63) is 60.2 Å². The molecule has 5 N–H and O–H groups in total. The number of primary amides is 1. The number of nitrogens with two attached hydrogens (primary N) is 1. The molecule has 2 aromatic carbocycles. The second-order valence-electron chi connectivity index (χ2n) is 18.5. The second-order valence-corrected chi connectivity index (χ2v) is 20.6. The van der Waals surface area contributed by atoms with E-state index in [4.69, 9.17) is 28.6 Å². The van der Waals surface area contributed by atoms with E-state index < -0.39 is 63.1 Å². The Labute approximate surface area is 372 Å². The van der Waals surface area contributed by atoms with E-state index in [1.165, 1.54) is 4.90 Å². The number of sulfonamides is 1. The van der Waals surface area contributed by atoms with Crippen LogP contribution in [0.3, 0.4) is 0 Å². The first-order valence-electron chi connectivity index (χ1n) is 23.0. The fourth-order valence-corrected chi connectivity index (χ4v) is 11.3. The van der Waals surface area contributed by atoms with Gasteiger partial charge in [0.25, 0.3) is 5.88 Å². The molecule has 4 aromatic rings. The van der Waals surface area contributed by atoms with Crippen molar-refractivity contribution in [3.8, 4) is 23.0 Å². The molecule has 9 rings (SSSR count). The van der Waals surface area contributed by atoms with Crippen molar-refractivity contribution < 1.29 is 51.3 Å². The SMILES string of the molecule is CC(C)Oc1ccc(-c2nc(O[C@@H]3C[C@H]4C(O)N[C@]5(C(=O)[NH2+]S(=O)(=O)C6CC6)CC/C(=C/CCCCC[C@H](NC(=O)OC6CCCC6)C(=O)N4C3)C5)c3oc4ccccc4c3n2)cc1. The van der Waals surface area contributed by atoms with Crippen LogP contribution in [0.25, 0.3) is 33.5 Å². The lowest BCUT2D eigenvalue weighted by Crippen LogP contribution is -2.96. The Morgan fingerprint density at radius 2 is 1.75 bits per heavy atom. The average molecular weight is 900 g/mol. The number of carbonyl (C=O) groups is 3. The fraction of sp³-hybridized carbons (Fsp3) is 0.553. The van der Waals surface area contributed by atoms with Gasteiger partial charge in [-0.3, -0.25) is 10.1 Å². The molecule has 2 aromatic heterocycles. The average Bonchev–Trinajstić information content (AvgIpc) is 3.53. The number of nitrogens with one attached hydrogen (secondary N) is 2. The molecule has 1 unspecified atom stereocenters. The first-order chi connectivity index (χ1) is 30.8. The van der Waals surface area contributed by atoms with Crippen molar-refractivity contribution in [3.63, 3.8) is 0 Å². The number of rotatable bonds is 10. The molecule has 16 nitrogen and oxygen atoms in total. The number of quaternary nitrogens is 1. The number of para-hydroxylation sites is 1. The van der Waals surface area contributed by atoms with Crippen LogP contribution in [0.15, 0.2) is 64.6 Å². The van der Waals surface area contributed by atoms with Crippen molar-refractivity contribution >= 4 is 50.0 Å². The van der Waals surface area contributed by atoms with Crippen molar-refractivity contribution in [2.24, 2.45) is 0 Å². The number of aliphatic hydroxyl groups excluding tert-OH is 1. The number of carbonyl (C=O) groups excluding carboxylic acids is 3. The Hall–Kier alpha value is -5.10. The normalized spacial score (nSPS) is 26.9. The number of nitrogens with zero attached hydrogens (tertiary/aromatic N) is 3. The Morgan fingerprint density at radius 1 is 0.984 bits per heavy atom. The predicted octanol–water partition coefficient (Wildman–Crippen LogP) is 5.52. The highest BCUT2D eigenvalue weighted by atomic mass is 32.2. The van der Waals surface area contributed by atoms with E-state index in [-0.39, 0.29) is 43.9 Å². The van der Waals surface area contributed by atoms with Crippen molar-refractivity contribution in [1.29, 1.82) is 0 Å². The van der Waals surface area contributed by atoms with E-state index >= 15 is 0 Å². The summed E-state index contributed by atoms with van der Waals surface area (Å²) in [5, 5.41) is 18.6. The molecule has 2 aliphatic heterocycles. The van der Waals surface area contributed by atoms with Crippen molar-refractivity contribution in [1.82, 2.24) is 25.5 Å². The van der Waals surface area contributed by atoms with Gasteiger partial charge in [0.1, 0.15) is 52.1 Å². The summed E-state index contributed by atoms with van der Waals surface area (Å²) in [5.74, 6) is 0.196. The standard InChI is InChI=1S/C47H58N6O10S/c1-28(2)60-32-19-17-30(18-20-32)41-49-39-35-14-9-10-16-38(35)63-40(39)43(50-41)61-33-25-37-42(54)51-47(45(56)52-64(58,59)34-21-22-34)24-23-29(26-47)11-5-3-4-6-15-36(44(55)53(37)27-33)48-46(57)62-31-12-7-8-13-31/h9-11,14,16-20,28,31,33-34,36-37,42,51,54H,3-8,12-13,15,21-27H2,1-2H3,(H,48,57)(H,52,56)/p+1/b29-11-/t33-,36+,37+,42?,47-/m1/s1. The molecule has 17 heteroatoms. The van der Waals surface area contributed by atoms with E-state index in [0.29, 0.717) is 65.9 Å². The first-order valence-corrected chi connectivity index (χ1v) is 24.6. The zero-order valence-corrected chi connectivity index (χ0v) is 37.3. The van der Waals surface area contributed by atoms with Crippen LogP contribution < -0.4 is 24.8 Å². The number of fused-ring (bicyclic) bond motifs is 6. The number of allylic oxidation sites excluding steroid dienone is 1. The van der Waals surface area contributed by atoms with Crippen molar-refractivity contribution in [2.75, 3.05) is 6.54 Å². The van der Waals surface area contributed by atoms with E-state index in [0.717, 1.165) is 60.6 Å². The molecule has 4 fully saturated rings. The molecule has 3 saturated carbocycles. The lowest BCUT2D eigenvalue weighted by molar-refractivity contribution is -0.420. The summed E-state index contributed by atoms with van der Waals surface area (Å²) in [6, 6.07) is 13.0. The largest absolute Gasteiger partial charge is 0.491 e. The van der Waals surface area contributed by atoms with E-state index in [1.807, 2.05) is 62.4 Å². The van der Waals surface area contributed by atoms with E-state index in [1.54, 1.807) is 0 Å². The van der Waals surface area contributed by atoms with Crippen LogP contribution in [-0.4, -0.2) is 100 Å². The van der Waals surface area contributed by atoms with Gasteiger partial charge in [-0.2, -0.15) is 18.1 Å². The third kappa shape index (κ3) is 9.63. The highest BCUT2D eigenvalue weighted by Crippen LogP contribution is 2.39. The highest BCUT2D eigenvalue weighted by molar-refractivity contribution is 7.86. The molecule has 3 amide bonds. The number of hydrogen-bond donors (Lipinski definition) is 4. The fourth-order valence-electron chi connectivity index (χ4n) is 9.77. The third-order valence-electron chi connectivity index (χ3n) is 13.3. The molecule has 3 aliphatic carbocycles. The molecule has 5 aliphatic rings. The molecule has 2 bridgehead atoms. The Morgan fingerprint density at radius 3 is 2.52 bits per heavy atom. The van der Waals surface area contributed by atoms with Crippen molar-refractivity contribution in [2.45, 2.75) is 158 Å². The van der Waals surface area contributed by atoms with Gasteiger partial charge in [0.2, 0.25) is 11.5 Å². The number of aliphatic hydroxyl groups is 1. The summed E-state index contributed by atoms with van der Waals surface area (Å²) in [5.41, 5.74) is 1.75. The van der Waals surface area contributed by atoms with Gasteiger partial charge in [-0.05, 0) is 127 Å². The summed E-state index contributed by atoms with van der Waals surface area (Å²) >= 11 is 0. The number of primary sulfonamides is 1. The quantitative estimate of drug-likeness (QED) is 0.145. The maximum absolute atomic E-state index is 14.9. The third-order valence-corrected chi connectivity index (χ3v) is 15.2. The van der Waals surface area contributed by atoms with Gasteiger partial charge in [-0.25, -0.2) is 14.6 Å². The Bertz CT molecular complexity index is 2520. The van der Waals surface area contributed by atoms with E-state index in [2.05, 4.69) is 16.7 Å². The smallest absolute Gasteiger partial charge is 0.408 e. The van der Waals surface area contributed by atoms with Crippen LogP contribution in [0.1, 0.15) is 110 Å². The number of alkyl carbamates (subject to hydrolysis) is 1. The second kappa shape index (κ2) is 18.4. The van der Waals surface area contributed by atoms with Gasteiger partial charge in [-0.1, -0.05) is 36.6 Å². The number of ether oxygens (including phenoxy) is 3. The van der Waals surface area contributed by atoms with Crippen LogP contribution in [0.4, 0.5) is 4.79 Å². The van der Waals surface area contributed by atoms with Crippen LogP contribution >= 0.6 is 0 Å². The molecule has 0 radical (unpaired) electrons. The summed E-state index contributed by atoms with van der Waals surface area (Å²) in [6.45, 7) is 3.91. The maximum Gasteiger partial charge on any atom is 0.408 e. The Kier molecular flexibility index (Phi) is 12.7. The molecule has 0 spiro atoms. The van der Waals surface area contributed by atoms with Gasteiger partial charge >= 0.3 is 22.0 Å². The number of hydrogen-bond acceptors (Lipinski definition) is 13. The number of furan rings is 1. The molecule has 4 heterocycles. The molecule has 1 saturated heterocycles. The van der Waals surface area contributed by atoms with Gasteiger partial charge in [0.05, 0.1) is 18.7 Å². The summed E-state index contributed by atoms with van der Waals surface area (Å²) in [6.07, 6.45) is 8.04. The lowest BCUT2D eigenvalue weighted by atomic mass is 9.94. The maximum atomic E-state index is 14.9. The van der Waals surface area contributed by atoms with E-state index in [9.17, 15) is 27.9 Å². The summed E-state index contributed by atoms with van der Waals surface area (Å²) in [4.78, 5) is 53.8. The van der Waals surface area contributed by atoms with Crippen LogP contribution in [-0.2, 0) is 24.3 Å². The van der Waals surface area contributed by atoms with Crippen LogP contribution in [0, 0.1) is 0 Å². The minimum Gasteiger partial charge on any atom is -0.491 e. The highest BCUT2D eigenvalue weighted by Gasteiger charge is 2.53. The zero-order chi connectivity index (χ0) is 44.6. The minimum atomic E-state index is -3.78. The molecule has 64 heavy (non-hydrogen) atoms. The number of benzene rings is 2. The summed E-state index contributed by atoms with van der Waals surface area (Å²) in [7, 11) is -3.78. The van der Waals surface area contributed by atoms with Gasteiger partial charge < -0.3 is 34.0 Å². The molecular weight excluding hydrogens is 841 g/mol. The van der Waals surface area contributed by atoms with Gasteiger partial charge in [0.15, 0.2) is 5.82 Å². The minimum absolute atomic E-state index is 0.00529. The Balaban J connectivity index is 1.06. The first kappa shape index (κ1) is 44.1.